The van der Waals surface area contributed by atoms with Gasteiger partial charge in [0.05, 0.1) is 23.8 Å². The molecule has 0 bridgehead atoms. The Hall–Kier alpha value is -3.48. The third kappa shape index (κ3) is 6.01. The fourth-order valence-electron chi connectivity index (χ4n) is 2.35. The smallest absolute Gasteiger partial charge is 0.411 e. The summed E-state index contributed by atoms with van der Waals surface area (Å²) in [5.74, 6) is -0.583. The molecule has 1 aromatic carbocycles. The second-order valence-electron chi connectivity index (χ2n) is 5.89. The van der Waals surface area contributed by atoms with Crippen molar-refractivity contribution in [3.63, 3.8) is 0 Å². The molecule has 0 fully saturated rings. The lowest BCUT2D eigenvalue weighted by Gasteiger charge is -2.07. The van der Waals surface area contributed by atoms with Gasteiger partial charge in [-0.15, -0.1) is 0 Å². The van der Waals surface area contributed by atoms with E-state index in [4.69, 9.17) is 0 Å². The fraction of sp³-hybridized carbons (Fsp3) is 0.235. The van der Waals surface area contributed by atoms with Crippen molar-refractivity contribution >= 4 is 11.6 Å². The number of nitrogens with zero attached hydrogens (tertiary/aromatic N) is 3. The average molecular weight is 431 g/mol. The van der Waals surface area contributed by atoms with Crippen molar-refractivity contribution in [3.8, 4) is 17.0 Å². The molecule has 2 N–H and O–H groups in total. The van der Waals surface area contributed by atoms with E-state index in [0.29, 0.717) is 11.3 Å². The first-order chi connectivity index (χ1) is 14.2. The van der Waals surface area contributed by atoms with Crippen LogP contribution in [0, 0.1) is 0 Å². The van der Waals surface area contributed by atoms with Crippen molar-refractivity contribution in [2.24, 2.45) is 0 Å². The molecule has 3 aromatic rings. The van der Waals surface area contributed by atoms with Crippen LogP contribution in [0.4, 0.5) is 27.6 Å². The van der Waals surface area contributed by atoms with Crippen LogP contribution in [0.25, 0.3) is 11.3 Å². The number of hydrogen-bond donors (Lipinski definition) is 2. The topological polar surface area (TPSA) is 94.1 Å². The van der Waals surface area contributed by atoms with Gasteiger partial charge < -0.3 is 14.8 Å². The van der Waals surface area contributed by atoms with E-state index >= 15 is 0 Å². The van der Waals surface area contributed by atoms with Crippen molar-refractivity contribution in [1.29, 1.82) is 0 Å². The van der Waals surface area contributed by atoms with Crippen LogP contribution in [-0.4, -0.2) is 45.3 Å². The summed E-state index contributed by atoms with van der Waals surface area (Å²) in [6.07, 6.45) is -1.90. The molecule has 160 valence electrons. The van der Waals surface area contributed by atoms with Gasteiger partial charge in [0.25, 0.3) is 5.91 Å². The average Bonchev–Trinajstić information content (AvgIpc) is 3.31. The molecule has 0 aliphatic carbocycles. The number of H-pyrrole nitrogens is 1. The van der Waals surface area contributed by atoms with Gasteiger partial charge in [-0.1, -0.05) is 0 Å². The predicted molar refractivity (Wildman–Crippen MR) is 92.8 cm³/mol. The summed E-state index contributed by atoms with van der Waals surface area (Å²) in [5, 5.41) is 12.8. The van der Waals surface area contributed by atoms with E-state index in [0.717, 1.165) is 4.68 Å². The monoisotopic (exact) mass is 431 g/mol. The third-order valence-corrected chi connectivity index (χ3v) is 3.58. The van der Waals surface area contributed by atoms with E-state index in [-0.39, 0.29) is 17.1 Å². The number of hydrogen-bond acceptors (Lipinski definition) is 5. The maximum Gasteiger partial charge on any atom is 0.411 e. The molecule has 0 saturated heterocycles. The number of aromatic amines is 1. The van der Waals surface area contributed by atoms with Gasteiger partial charge in [-0.3, -0.25) is 9.89 Å². The molecule has 0 saturated carbocycles. The molecule has 2 heterocycles. The number of nitrogens with one attached hydrogen (secondary N) is 2. The van der Waals surface area contributed by atoms with E-state index in [2.05, 4.69) is 30.1 Å². The predicted octanol–water partition coefficient (Wildman–Crippen LogP) is 3.66. The molecule has 0 atom stereocenters. The van der Waals surface area contributed by atoms with Gasteiger partial charge in [0.15, 0.2) is 0 Å². The minimum atomic E-state index is -4.45. The Balaban J connectivity index is 1.57. The number of ether oxygens (including phenoxy) is 2. The number of benzene rings is 1. The number of alkyl halides is 5. The van der Waals surface area contributed by atoms with Crippen LogP contribution in [0.2, 0.25) is 0 Å². The number of halogens is 5. The molecule has 13 heteroatoms. The zero-order valence-corrected chi connectivity index (χ0v) is 15.0. The molecule has 0 aliphatic heterocycles. The Bertz CT molecular complexity index is 984. The van der Waals surface area contributed by atoms with E-state index in [1.165, 1.54) is 42.7 Å². The van der Waals surface area contributed by atoms with Crippen molar-refractivity contribution in [2.45, 2.75) is 19.5 Å². The summed E-state index contributed by atoms with van der Waals surface area (Å²) in [4.78, 5) is 12.3. The van der Waals surface area contributed by atoms with E-state index in [1.54, 1.807) is 0 Å². The summed E-state index contributed by atoms with van der Waals surface area (Å²) in [6.45, 7) is -4.78. The molecule has 0 unspecified atom stereocenters. The molecular formula is C17H14F5N5O3. The lowest BCUT2D eigenvalue weighted by Crippen LogP contribution is -2.18. The molecule has 1 amide bonds. The Morgan fingerprint density at radius 2 is 1.97 bits per heavy atom. The van der Waals surface area contributed by atoms with Crippen molar-refractivity contribution in [1.82, 2.24) is 20.0 Å². The summed E-state index contributed by atoms with van der Waals surface area (Å²) in [6, 6.07) is 7.12. The second kappa shape index (κ2) is 8.90. The Morgan fingerprint density at radius 3 is 2.63 bits per heavy atom. The quantitative estimate of drug-likeness (QED) is 0.531. The van der Waals surface area contributed by atoms with Crippen molar-refractivity contribution in [2.75, 3.05) is 11.9 Å². The third-order valence-electron chi connectivity index (χ3n) is 3.58. The summed E-state index contributed by atoms with van der Waals surface area (Å²) < 4.78 is 70.4. The molecule has 3 rings (SSSR count). The first-order valence-corrected chi connectivity index (χ1v) is 8.28. The van der Waals surface area contributed by atoms with Gasteiger partial charge in [0, 0.05) is 5.56 Å². The zero-order valence-electron chi connectivity index (χ0n) is 15.0. The Morgan fingerprint density at radius 1 is 1.23 bits per heavy atom. The Kier molecular flexibility index (Phi) is 6.30. The first kappa shape index (κ1) is 21.2. The van der Waals surface area contributed by atoms with Crippen LogP contribution in [-0.2, 0) is 11.5 Å². The highest BCUT2D eigenvalue weighted by Crippen LogP contribution is 2.22. The first-order valence-electron chi connectivity index (χ1n) is 8.28. The van der Waals surface area contributed by atoms with Crippen LogP contribution in [0.15, 0.2) is 42.7 Å². The lowest BCUT2D eigenvalue weighted by atomic mass is 10.1. The maximum atomic E-state index is 12.3. The highest BCUT2D eigenvalue weighted by Gasteiger charge is 2.27. The number of rotatable bonds is 8. The molecular weight excluding hydrogens is 417 g/mol. The second-order valence-corrected chi connectivity index (χ2v) is 5.89. The molecule has 0 aliphatic rings. The van der Waals surface area contributed by atoms with Gasteiger partial charge in [0.2, 0.25) is 0 Å². The summed E-state index contributed by atoms with van der Waals surface area (Å²) in [7, 11) is 0. The molecule has 0 spiro atoms. The van der Waals surface area contributed by atoms with E-state index in [1.807, 2.05) is 0 Å². The van der Waals surface area contributed by atoms with Gasteiger partial charge >= 0.3 is 12.8 Å². The minimum Gasteiger partial charge on any atom is -0.435 e. The van der Waals surface area contributed by atoms with Crippen LogP contribution in [0.3, 0.4) is 0 Å². The van der Waals surface area contributed by atoms with Crippen LogP contribution in [0.5, 0.6) is 5.75 Å². The van der Waals surface area contributed by atoms with Crippen molar-refractivity contribution < 1.29 is 36.2 Å². The van der Waals surface area contributed by atoms with Gasteiger partial charge in [-0.05, 0) is 30.3 Å². The SMILES string of the molecule is O=C(Nc1cnn(COCC(F)(F)F)c1)c1cc(-c2ccc(OC(F)F)cc2)n[nH]1. The number of carbonyl (C=O) groups is 1. The number of anilines is 1. The van der Waals surface area contributed by atoms with E-state index < -0.39 is 32.0 Å². The fourth-order valence-corrected chi connectivity index (χ4v) is 2.35. The highest BCUT2D eigenvalue weighted by molar-refractivity contribution is 6.03. The molecule has 30 heavy (non-hydrogen) atoms. The van der Waals surface area contributed by atoms with Crippen LogP contribution < -0.4 is 10.1 Å². The number of aromatic nitrogens is 4. The van der Waals surface area contributed by atoms with E-state index in [9.17, 15) is 26.7 Å². The minimum absolute atomic E-state index is 0.0153. The van der Waals surface area contributed by atoms with Crippen molar-refractivity contribution in [3.05, 3.63) is 48.4 Å². The number of amides is 1. The summed E-state index contributed by atoms with van der Waals surface area (Å²) in [5.41, 5.74) is 1.28. The summed E-state index contributed by atoms with van der Waals surface area (Å²) >= 11 is 0. The zero-order chi connectivity index (χ0) is 21.7. The standard InChI is InChI=1S/C17H14F5N5O3/c18-16(19)30-12-3-1-10(2-4-12)13-5-14(26-25-13)15(28)24-11-6-23-27(7-11)9-29-8-17(20,21)22/h1-7,16H,8-9H2,(H,24,28)(H,25,26). The van der Waals surface area contributed by atoms with Gasteiger partial charge in [-0.25, -0.2) is 4.68 Å². The van der Waals surface area contributed by atoms with Crippen LogP contribution >= 0.6 is 0 Å². The highest BCUT2D eigenvalue weighted by atomic mass is 19.4. The molecule has 0 radical (unpaired) electrons. The van der Waals surface area contributed by atoms with Gasteiger partial charge in [0.1, 0.15) is 24.8 Å². The maximum absolute atomic E-state index is 12.3. The lowest BCUT2D eigenvalue weighted by molar-refractivity contribution is -0.182. The van der Waals surface area contributed by atoms with Gasteiger partial charge in [-0.2, -0.15) is 32.1 Å². The normalized spacial score (nSPS) is 11.7. The van der Waals surface area contributed by atoms with Crippen LogP contribution in [0.1, 0.15) is 10.5 Å². The number of carbonyl (C=O) groups excluding carboxylic acids is 1. The molecule has 8 nitrogen and oxygen atoms in total. The molecule has 2 aromatic heterocycles. The Labute approximate surface area is 165 Å². The largest absolute Gasteiger partial charge is 0.435 e.